The van der Waals surface area contributed by atoms with Gasteiger partial charge in [0.25, 0.3) is 5.91 Å². The first-order chi connectivity index (χ1) is 8.15. The van der Waals surface area contributed by atoms with Crippen molar-refractivity contribution in [3.05, 3.63) is 22.2 Å². The number of ether oxygens (including phenoxy) is 1. The molecule has 1 atom stereocenters. The van der Waals surface area contributed by atoms with E-state index in [-0.39, 0.29) is 5.91 Å². The summed E-state index contributed by atoms with van der Waals surface area (Å²) in [7, 11) is 0. The summed E-state index contributed by atoms with van der Waals surface area (Å²) >= 11 is 3.42. The van der Waals surface area contributed by atoms with Crippen LogP contribution >= 0.6 is 15.9 Å². The minimum absolute atomic E-state index is 0.122. The zero-order chi connectivity index (χ0) is 12.4. The third kappa shape index (κ3) is 2.45. The Bertz CT molecular complexity index is 448. The Morgan fingerprint density at radius 2 is 2.29 bits per heavy atom. The fraction of sp³-hybridized carbons (Fsp3) is 0.417. The number of benzene rings is 1. The number of amides is 1. The van der Waals surface area contributed by atoms with E-state index in [0.717, 1.165) is 27.9 Å². The highest BCUT2D eigenvalue weighted by Crippen LogP contribution is 2.37. The van der Waals surface area contributed by atoms with E-state index in [4.69, 9.17) is 10.5 Å². The van der Waals surface area contributed by atoms with Crippen LogP contribution in [0.2, 0.25) is 0 Å². The summed E-state index contributed by atoms with van der Waals surface area (Å²) in [4.78, 5) is 11.8. The molecule has 0 radical (unpaired) electrons. The van der Waals surface area contributed by atoms with E-state index < -0.39 is 6.10 Å². The lowest BCUT2D eigenvalue weighted by molar-refractivity contribution is -0.123. The van der Waals surface area contributed by atoms with Gasteiger partial charge in [-0.3, -0.25) is 4.79 Å². The van der Waals surface area contributed by atoms with E-state index in [0.29, 0.717) is 13.0 Å². The average molecular weight is 299 g/mol. The van der Waals surface area contributed by atoms with Crippen LogP contribution in [0, 0.1) is 0 Å². The van der Waals surface area contributed by atoms with E-state index in [1.807, 2.05) is 12.1 Å². The third-order valence-corrected chi connectivity index (χ3v) is 3.21. The van der Waals surface area contributed by atoms with Crippen molar-refractivity contribution in [2.75, 3.05) is 11.9 Å². The third-order valence-electron chi connectivity index (χ3n) is 2.75. The Hall–Kier alpha value is -1.07. The molecular formula is C12H15BrN2O2. The van der Waals surface area contributed by atoms with Gasteiger partial charge in [0, 0.05) is 10.9 Å². The van der Waals surface area contributed by atoms with Crippen molar-refractivity contribution in [2.45, 2.75) is 25.9 Å². The highest BCUT2D eigenvalue weighted by atomic mass is 79.9. The Labute approximate surface area is 109 Å². The van der Waals surface area contributed by atoms with Crippen LogP contribution in [0.3, 0.4) is 0 Å². The average Bonchev–Trinajstić information content (AvgIpc) is 2.29. The highest BCUT2D eigenvalue weighted by molar-refractivity contribution is 9.10. The van der Waals surface area contributed by atoms with E-state index in [1.165, 1.54) is 0 Å². The van der Waals surface area contributed by atoms with Gasteiger partial charge < -0.3 is 15.8 Å². The van der Waals surface area contributed by atoms with E-state index in [1.54, 1.807) is 0 Å². The summed E-state index contributed by atoms with van der Waals surface area (Å²) in [6.45, 7) is 2.49. The number of rotatable bonds is 3. The number of fused-ring (bicyclic) bond motifs is 1. The molecule has 1 heterocycles. The molecule has 1 aromatic carbocycles. The molecular weight excluding hydrogens is 284 g/mol. The van der Waals surface area contributed by atoms with Gasteiger partial charge in [-0.15, -0.1) is 0 Å². The Balaban J connectivity index is 2.38. The van der Waals surface area contributed by atoms with Crippen molar-refractivity contribution in [3.63, 3.8) is 0 Å². The van der Waals surface area contributed by atoms with Crippen molar-refractivity contribution in [1.29, 1.82) is 0 Å². The second-order valence-corrected chi connectivity index (χ2v) is 4.88. The summed E-state index contributed by atoms with van der Waals surface area (Å²) in [5.41, 5.74) is 7.28. The predicted octanol–water partition coefficient (Wildman–Crippen LogP) is 2.06. The fourth-order valence-electron chi connectivity index (χ4n) is 1.90. The van der Waals surface area contributed by atoms with Gasteiger partial charge in [-0.05, 0) is 30.7 Å². The molecule has 1 amide bonds. The van der Waals surface area contributed by atoms with Gasteiger partial charge in [0.1, 0.15) is 5.75 Å². The van der Waals surface area contributed by atoms with Crippen LogP contribution in [0.4, 0.5) is 5.69 Å². The minimum Gasteiger partial charge on any atom is -0.478 e. The SMILES string of the molecule is CCc1cc(Br)cc2c1OC(CCN)C(=O)N2. The number of anilines is 1. The maximum absolute atomic E-state index is 11.8. The van der Waals surface area contributed by atoms with Crippen molar-refractivity contribution in [1.82, 2.24) is 0 Å². The molecule has 1 aromatic rings. The smallest absolute Gasteiger partial charge is 0.265 e. The van der Waals surface area contributed by atoms with Gasteiger partial charge >= 0.3 is 0 Å². The molecule has 2 rings (SSSR count). The minimum atomic E-state index is -0.473. The van der Waals surface area contributed by atoms with Crippen LogP contribution < -0.4 is 15.8 Å². The number of aryl methyl sites for hydroxylation is 1. The molecule has 5 heteroatoms. The van der Waals surface area contributed by atoms with Gasteiger partial charge in [-0.25, -0.2) is 0 Å². The number of carbonyl (C=O) groups excluding carboxylic acids is 1. The first-order valence-corrected chi connectivity index (χ1v) is 6.45. The number of nitrogens with two attached hydrogens (primary N) is 1. The molecule has 92 valence electrons. The van der Waals surface area contributed by atoms with Gasteiger partial charge in [0.15, 0.2) is 6.10 Å². The van der Waals surface area contributed by atoms with Crippen LogP contribution in [-0.2, 0) is 11.2 Å². The molecule has 17 heavy (non-hydrogen) atoms. The molecule has 0 saturated heterocycles. The number of hydrogen-bond acceptors (Lipinski definition) is 3. The molecule has 1 aliphatic heterocycles. The molecule has 1 unspecified atom stereocenters. The predicted molar refractivity (Wildman–Crippen MR) is 70.2 cm³/mol. The van der Waals surface area contributed by atoms with E-state index in [9.17, 15) is 4.79 Å². The molecule has 0 aliphatic carbocycles. The lowest BCUT2D eigenvalue weighted by Crippen LogP contribution is -2.38. The number of carbonyl (C=O) groups is 1. The van der Waals surface area contributed by atoms with Crippen LogP contribution in [0.15, 0.2) is 16.6 Å². The zero-order valence-electron chi connectivity index (χ0n) is 9.63. The van der Waals surface area contributed by atoms with Gasteiger partial charge in [-0.1, -0.05) is 22.9 Å². The summed E-state index contributed by atoms with van der Waals surface area (Å²) in [5.74, 6) is 0.650. The number of hydrogen-bond donors (Lipinski definition) is 2. The molecule has 0 fully saturated rings. The van der Waals surface area contributed by atoms with Gasteiger partial charge in [-0.2, -0.15) is 0 Å². The topological polar surface area (TPSA) is 64.3 Å². The summed E-state index contributed by atoms with van der Waals surface area (Å²) in [5, 5.41) is 2.86. The Morgan fingerprint density at radius 1 is 1.53 bits per heavy atom. The molecule has 0 spiro atoms. The van der Waals surface area contributed by atoms with E-state index in [2.05, 4.69) is 28.2 Å². The van der Waals surface area contributed by atoms with Crippen LogP contribution in [-0.4, -0.2) is 18.6 Å². The first-order valence-electron chi connectivity index (χ1n) is 5.65. The quantitative estimate of drug-likeness (QED) is 0.898. The monoisotopic (exact) mass is 298 g/mol. The van der Waals surface area contributed by atoms with Crippen LogP contribution in [0.25, 0.3) is 0 Å². The molecule has 1 aliphatic rings. The van der Waals surface area contributed by atoms with Gasteiger partial charge in [0.05, 0.1) is 5.69 Å². The highest BCUT2D eigenvalue weighted by Gasteiger charge is 2.28. The summed E-state index contributed by atoms with van der Waals surface area (Å²) < 4.78 is 6.69. The molecule has 0 aromatic heterocycles. The molecule has 0 saturated carbocycles. The summed E-state index contributed by atoms with van der Waals surface area (Å²) in [6.07, 6.45) is 0.913. The molecule has 4 nitrogen and oxygen atoms in total. The molecule has 0 bridgehead atoms. The maximum atomic E-state index is 11.8. The number of halogens is 1. The second kappa shape index (κ2) is 5.06. The Kier molecular flexibility index (Phi) is 3.69. The van der Waals surface area contributed by atoms with Crippen molar-refractivity contribution in [3.8, 4) is 5.75 Å². The maximum Gasteiger partial charge on any atom is 0.265 e. The first kappa shape index (κ1) is 12.4. The zero-order valence-corrected chi connectivity index (χ0v) is 11.2. The van der Waals surface area contributed by atoms with Crippen molar-refractivity contribution < 1.29 is 9.53 Å². The van der Waals surface area contributed by atoms with E-state index >= 15 is 0 Å². The summed E-state index contributed by atoms with van der Waals surface area (Å²) in [6, 6.07) is 3.86. The van der Waals surface area contributed by atoms with Crippen molar-refractivity contribution >= 4 is 27.5 Å². The standard InChI is InChI=1S/C12H15BrN2O2/c1-2-7-5-8(13)6-9-11(7)17-10(3-4-14)12(16)15-9/h5-6,10H,2-4,14H2,1H3,(H,15,16). The largest absolute Gasteiger partial charge is 0.478 e. The lowest BCUT2D eigenvalue weighted by Gasteiger charge is -2.27. The Morgan fingerprint density at radius 3 is 2.94 bits per heavy atom. The van der Waals surface area contributed by atoms with Gasteiger partial charge in [0.2, 0.25) is 0 Å². The molecule has 3 N–H and O–H groups in total. The normalized spacial score (nSPS) is 18.3. The second-order valence-electron chi connectivity index (χ2n) is 3.97. The van der Waals surface area contributed by atoms with Crippen LogP contribution in [0.1, 0.15) is 18.9 Å². The van der Waals surface area contributed by atoms with Crippen LogP contribution in [0.5, 0.6) is 5.75 Å². The number of nitrogens with one attached hydrogen (secondary N) is 1. The fourth-order valence-corrected chi connectivity index (χ4v) is 2.40. The lowest BCUT2D eigenvalue weighted by atomic mass is 10.1. The van der Waals surface area contributed by atoms with Crippen molar-refractivity contribution in [2.24, 2.45) is 5.73 Å².